The van der Waals surface area contributed by atoms with Crippen LogP contribution in [-0.4, -0.2) is 46.9 Å². The summed E-state index contributed by atoms with van der Waals surface area (Å²) in [5.74, 6) is -0.00730. The Kier molecular flexibility index (Phi) is 7.62. The number of halogens is 1. The third-order valence-corrected chi connectivity index (χ3v) is 6.28. The Bertz CT molecular complexity index is 1110. The Hall–Kier alpha value is -2.90. The highest BCUT2D eigenvalue weighted by molar-refractivity contribution is 6.30. The van der Waals surface area contributed by atoms with Crippen molar-refractivity contribution in [2.75, 3.05) is 19.6 Å². The van der Waals surface area contributed by atoms with E-state index < -0.39 is 0 Å². The zero-order valence-corrected chi connectivity index (χ0v) is 19.6. The van der Waals surface area contributed by atoms with Crippen molar-refractivity contribution >= 4 is 29.1 Å². The summed E-state index contributed by atoms with van der Waals surface area (Å²) in [7, 11) is 0. The van der Waals surface area contributed by atoms with Crippen LogP contribution in [0.1, 0.15) is 53.8 Å². The monoisotopic (exact) mass is 467 g/mol. The Morgan fingerprint density at radius 3 is 2.79 bits per heavy atom. The molecule has 1 unspecified atom stereocenters. The minimum absolute atomic E-state index is 0.0523. The molecule has 33 heavy (non-hydrogen) atoms. The Morgan fingerprint density at radius 2 is 2.06 bits per heavy atom. The first-order valence-corrected chi connectivity index (χ1v) is 11.9. The smallest absolute Gasteiger partial charge is 0.268 e. The predicted molar refractivity (Wildman–Crippen MR) is 130 cm³/mol. The molecule has 0 bridgehead atoms. The zero-order chi connectivity index (χ0) is 23.2. The van der Waals surface area contributed by atoms with E-state index in [0.29, 0.717) is 28.6 Å². The van der Waals surface area contributed by atoms with Crippen molar-refractivity contribution in [1.82, 2.24) is 25.3 Å². The van der Waals surface area contributed by atoms with E-state index in [-0.39, 0.29) is 30.2 Å². The number of pyridine rings is 1. The van der Waals surface area contributed by atoms with Crippen LogP contribution in [0.5, 0.6) is 0 Å². The summed E-state index contributed by atoms with van der Waals surface area (Å²) in [6.45, 7) is 4.40. The second-order valence-corrected chi connectivity index (χ2v) is 8.99. The lowest BCUT2D eigenvalue weighted by molar-refractivity contribution is -0.121. The van der Waals surface area contributed by atoms with E-state index in [1.165, 1.54) is 0 Å². The molecule has 4 rings (SSSR count). The van der Waals surface area contributed by atoms with E-state index in [1.54, 1.807) is 16.7 Å². The molecular weight excluding hydrogens is 438 g/mol. The Balaban J connectivity index is 1.43. The summed E-state index contributed by atoms with van der Waals surface area (Å²) < 4.78 is 1.76. The molecule has 1 saturated heterocycles. The standard InChI is InChI=1S/C25H30ClN5O2/c1-2-4-18(17-7-9-19(26)10-8-17)14-28-25(33)22-5-3-6-23-29-21(16-31(22)23)13-24(32)30-20-11-12-27-15-20/h3,5-10,16,18,20,27H,2,4,11-15H2,1H3,(H,28,33)(H,30,32)/t18?,20-/m1/s1. The van der Waals surface area contributed by atoms with Crippen LogP contribution < -0.4 is 16.0 Å². The van der Waals surface area contributed by atoms with Gasteiger partial charge in [0.05, 0.1) is 12.1 Å². The molecule has 1 aliphatic rings. The summed E-state index contributed by atoms with van der Waals surface area (Å²) in [5, 5.41) is 10.1. The molecule has 2 amide bonds. The SMILES string of the molecule is CCCC(CNC(=O)c1cccc2nc(CC(=O)N[C@@H]3CCNC3)cn12)c1ccc(Cl)cc1. The molecule has 0 aliphatic carbocycles. The van der Waals surface area contributed by atoms with Crippen molar-refractivity contribution in [3.63, 3.8) is 0 Å². The molecule has 1 aromatic carbocycles. The first kappa shape index (κ1) is 23.3. The molecule has 3 heterocycles. The molecule has 2 atom stereocenters. The van der Waals surface area contributed by atoms with Crippen LogP contribution in [0.15, 0.2) is 48.7 Å². The van der Waals surface area contributed by atoms with Gasteiger partial charge in [-0.3, -0.25) is 14.0 Å². The van der Waals surface area contributed by atoms with Crippen molar-refractivity contribution in [2.24, 2.45) is 0 Å². The van der Waals surface area contributed by atoms with Crippen molar-refractivity contribution in [1.29, 1.82) is 0 Å². The molecule has 2 aromatic heterocycles. The number of hydrogen-bond acceptors (Lipinski definition) is 4. The number of nitrogens with one attached hydrogen (secondary N) is 3. The fourth-order valence-corrected chi connectivity index (χ4v) is 4.45. The highest BCUT2D eigenvalue weighted by atomic mass is 35.5. The number of aromatic nitrogens is 2. The summed E-state index contributed by atoms with van der Waals surface area (Å²) >= 11 is 6.03. The summed E-state index contributed by atoms with van der Waals surface area (Å²) in [5.41, 5.74) is 2.95. The molecule has 3 N–H and O–H groups in total. The lowest BCUT2D eigenvalue weighted by atomic mass is 9.94. The quantitative estimate of drug-likeness (QED) is 0.450. The number of carbonyl (C=O) groups is 2. The fourth-order valence-electron chi connectivity index (χ4n) is 4.33. The predicted octanol–water partition coefficient (Wildman–Crippen LogP) is 3.32. The fraction of sp³-hybridized carbons (Fsp3) is 0.400. The van der Waals surface area contributed by atoms with Gasteiger partial charge in [-0.05, 0) is 49.2 Å². The lowest BCUT2D eigenvalue weighted by Crippen LogP contribution is -2.37. The molecule has 174 valence electrons. The maximum Gasteiger partial charge on any atom is 0.268 e. The van der Waals surface area contributed by atoms with Crippen molar-refractivity contribution in [3.05, 3.63) is 70.6 Å². The number of amides is 2. The molecule has 0 spiro atoms. The first-order valence-electron chi connectivity index (χ1n) is 11.5. The zero-order valence-electron chi connectivity index (χ0n) is 18.8. The van der Waals surface area contributed by atoms with E-state index in [0.717, 1.165) is 37.9 Å². The van der Waals surface area contributed by atoms with E-state index in [2.05, 4.69) is 27.9 Å². The maximum atomic E-state index is 13.0. The van der Waals surface area contributed by atoms with Crippen LogP contribution in [0.2, 0.25) is 5.02 Å². The molecule has 8 heteroatoms. The second-order valence-electron chi connectivity index (χ2n) is 8.55. The third-order valence-electron chi connectivity index (χ3n) is 6.03. The van der Waals surface area contributed by atoms with Crippen molar-refractivity contribution < 1.29 is 9.59 Å². The number of benzene rings is 1. The van der Waals surface area contributed by atoms with Gasteiger partial charge in [-0.15, -0.1) is 0 Å². The average Bonchev–Trinajstić information content (AvgIpc) is 3.46. The van der Waals surface area contributed by atoms with Crippen LogP contribution in [0.4, 0.5) is 0 Å². The first-order chi connectivity index (χ1) is 16.0. The minimum atomic E-state index is -0.166. The topological polar surface area (TPSA) is 87.5 Å². The molecule has 0 saturated carbocycles. The highest BCUT2D eigenvalue weighted by Gasteiger charge is 2.19. The average molecular weight is 468 g/mol. The summed E-state index contributed by atoms with van der Waals surface area (Å²) in [6, 6.07) is 13.4. The van der Waals surface area contributed by atoms with Gasteiger partial charge >= 0.3 is 0 Å². The number of rotatable bonds is 9. The number of nitrogens with zero attached hydrogens (tertiary/aromatic N) is 2. The van der Waals surface area contributed by atoms with Gasteiger partial charge in [-0.25, -0.2) is 4.98 Å². The molecule has 3 aromatic rings. The molecular formula is C25H30ClN5O2. The van der Waals surface area contributed by atoms with Crippen molar-refractivity contribution in [3.8, 4) is 0 Å². The number of imidazole rings is 1. The van der Waals surface area contributed by atoms with Gasteiger partial charge in [-0.1, -0.05) is 43.1 Å². The molecule has 0 radical (unpaired) electrons. The second kappa shape index (κ2) is 10.8. The third kappa shape index (κ3) is 5.92. The molecule has 1 fully saturated rings. The largest absolute Gasteiger partial charge is 0.352 e. The van der Waals surface area contributed by atoms with Crippen molar-refractivity contribution in [2.45, 2.75) is 44.6 Å². The van der Waals surface area contributed by atoms with Gasteiger partial charge in [-0.2, -0.15) is 0 Å². The van der Waals surface area contributed by atoms with Gasteiger partial charge in [0, 0.05) is 36.3 Å². The number of hydrogen-bond donors (Lipinski definition) is 3. The highest BCUT2D eigenvalue weighted by Crippen LogP contribution is 2.22. The van der Waals surface area contributed by atoms with Gasteiger partial charge in [0.15, 0.2) is 0 Å². The Labute approximate surface area is 198 Å². The van der Waals surface area contributed by atoms with Gasteiger partial charge in [0.2, 0.25) is 5.91 Å². The van der Waals surface area contributed by atoms with Crippen LogP contribution in [-0.2, 0) is 11.2 Å². The summed E-state index contributed by atoms with van der Waals surface area (Å²) in [6.07, 6.45) is 4.89. The van der Waals surface area contributed by atoms with E-state index >= 15 is 0 Å². The van der Waals surface area contributed by atoms with Gasteiger partial charge < -0.3 is 16.0 Å². The van der Waals surface area contributed by atoms with E-state index in [1.807, 2.05) is 36.4 Å². The minimum Gasteiger partial charge on any atom is -0.352 e. The molecule has 7 nitrogen and oxygen atoms in total. The number of carbonyl (C=O) groups excluding carboxylic acids is 2. The van der Waals surface area contributed by atoms with Gasteiger partial charge in [0.25, 0.3) is 5.91 Å². The normalized spacial score (nSPS) is 16.6. The van der Waals surface area contributed by atoms with Crippen LogP contribution >= 0.6 is 11.6 Å². The Morgan fingerprint density at radius 1 is 1.24 bits per heavy atom. The van der Waals surface area contributed by atoms with E-state index in [4.69, 9.17) is 11.6 Å². The van der Waals surface area contributed by atoms with Crippen LogP contribution in [0.3, 0.4) is 0 Å². The maximum absolute atomic E-state index is 13.0. The van der Waals surface area contributed by atoms with Gasteiger partial charge in [0.1, 0.15) is 11.3 Å². The number of fused-ring (bicyclic) bond motifs is 1. The lowest BCUT2D eigenvalue weighted by Gasteiger charge is -2.18. The summed E-state index contributed by atoms with van der Waals surface area (Å²) in [4.78, 5) is 30.0. The van der Waals surface area contributed by atoms with Crippen LogP contribution in [0.25, 0.3) is 5.65 Å². The van der Waals surface area contributed by atoms with E-state index in [9.17, 15) is 9.59 Å². The van der Waals surface area contributed by atoms with Crippen LogP contribution in [0, 0.1) is 0 Å². The molecule has 1 aliphatic heterocycles.